The van der Waals surface area contributed by atoms with Crippen molar-refractivity contribution in [2.75, 3.05) is 6.54 Å². The highest BCUT2D eigenvalue weighted by atomic mass is 35.5. The molecule has 90 valence electrons. The maximum absolute atomic E-state index is 13.6. The van der Waals surface area contributed by atoms with E-state index in [0.717, 1.165) is 17.8 Å². The molecule has 1 heterocycles. The molecule has 0 unspecified atom stereocenters. The predicted molar refractivity (Wildman–Crippen MR) is 69.9 cm³/mol. The minimum atomic E-state index is -0.301. The van der Waals surface area contributed by atoms with E-state index in [4.69, 9.17) is 17.3 Å². The fourth-order valence-electron chi connectivity index (χ4n) is 1.50. The van der Waals surface area contributed by atoms with Crippen molar-refractivity contribution in [2.45, 2.75) is 12.8 Å². The first kappa shape index (κ1) is 12.5. The first-order valence-electron chi connectivity index (χ1n) is 5.30. The number of benzene rings is 1. The minimum absolute atomic E-state index is 0.301. The van der Waals surface area contributed by atoms with Crippen LogP contribution in [-0.2, 0) is 6.42 Å². The summed E-state index contributed by atoms with van der Waals surface area (Å²) in [5, 5.41) is 3.34. The number of aryl methyl sites for hydroxylation is 1. The molecule has 2 N–H and O–H groups in total. The Morgan fingerprint density at radius 2 is 2.24 bits per heavy atom. The van der Waals surface area contributed by atoms with Gasteiger partial charge in [0.1, 0.15) is 5.82 Å². The molecule has 0 amide bonds. The number of hydrogen-bond donors (Lipinski definition) is 1. The Morgan fingerprint density at radius 3 is 3.00 bits per heavy atom. The van der Waals surface area contributed by atoms with Gasteiger partial charge < -0.3 is 5.73 Å². The van der Waals surface area contributed by atoms with Crippen molar-refractivity contribution in [2.24, 2.45) is 5.73 Å². The monoisotopic (exact) mass is 270 g/mol. The average Bonchev–Trinajstić information content (AvgIpc) is 2.78. The molecule has 0 saturated carbocycles. The van der Waals surface area contributed by atoms with Crippen LogP contribution < -0.4 is 5.73 Å². The summed E-state index contributed by atoms with van der Waals surface area (Å²) in [4.78, 5) is 4.38. The highest BCUT2D eigenvalue weighted by Gasteiger charge is 2.09. The molecule has 2 aromatic rings. The van der Waals surface area contributed by atoms with Gasteiger partial charge in [0.05, 0.1) is 10.7 Å². The molecule has 2 rings (SSSR count). The Bertz CT molecular complexity index is 513. The van der Waals surface area contributed by atoms with Gasteiger partial charge in [0.15, 0.2) is 0 Å². The first-order chi connectivity index (χ1) is 8.20. The highest BCUT2D eigenvalue weighted by Crippen LogP contribution is 2.27. The molecule has 0 aliphatic rings. The van der Waals surface area contributed by atoms with Gasteiger partial charge in [-0.2, -0.15) is 0 Å². The maximum Gasteiger partial charge on any atom is 0.132 e. The third kappa shape index (κ3) is 3.03. The molecule has 1 aromatic carbocycles. The van der Waals surface area contributed by atoms with E-state index in [-0.39, 0.29) is 5.82 Å². The zero-order valence-corrected chi connectivity index (χ0v) is 10.7. The predicted octanol–water partition coefficient (Wildman–Crippen LogP) is 3.49. The van der Waals surface area contributed by atoms with Crippen LogP contribution in [0.15, 0.2) is 23.6 Å². The summed E-state index contributed by atoms with van der Waals surface area (Å²) in [5.41, 5.74) is 6.53. The standard InChI is InChI=1S/C12H12ClFN2S/c13-8-3-4-10(14)9(6-8)11-7-17-12(16-11)2-1-5-15/h3-4,6-7H,1-2,5,15H2. The summed E-state index contributed by atoms with van der Waals surface area (Å²) in [5.74, 6) is -0.301. The van der Waals surface area contributed by atoms with Gasteiger partial charge in [-0.15, -0.1) is 11.3 Å². The van der Waals surface area contributed by atoms with Crippen molar-refractivity contribution < 1.29 is 4.39 Å². The maximum atomic E-state index is 13.6. The van der Waals surface area contributed by atoms with E-state index in [9.17, 15) is 4.39 Å². The Kier molecular flexibility index (Phi) is 4.10. The van der Waals surface area contributed by atoms with Crippen LogP contribution in [-0.4, -0.2) is 11.5 Å². The number of thiazole rings is 1. The van der Waals surface area contributed by atoms with Gasteiger partial charge in [0, 0.05) is 22.4 Å². The SMILES string of the molecule is NCCCc1nc(-c2cc(Cl)ccc2F)cs1. The number of nitrogens with zero attached hydrogens (tertiary/aromatic N) is 1. The molecule has 0 fully saturated rings. The molecule has 0 aliphatic carbocycles. The Balaban J connectivity index is 2.27. The Hall–Kier alpha value is -0.970. The lowest BCUT2D eigenvalue weighted by Crippen LogP contribution is -2.00. The number of halogens is 2. The summed E-state index contributed by atoms with van der Waals surface area (Å²) in [6.45, 7) is 0.639. The molecular weight excluding hydrogens is 259 g/mol. The van der Waals surface area contributed by atoms with E-state index < -0.39 is 0 Å². The minimum Gasteiger partial charge on any atom is -0.330 e. The smallest absolute Gasteiger partial charge is 0.132 e. The summed E-state index contributed by atoms with van der Waals surface area (Å²) >= 11 is 7.37. The van der Waals surface area contributed by atoms with Crippen molar-refractivity contribution in [1.29, 1.82) is 0 Å². The first-order valence-corrected chi connectivity index (χ1v) is 6.56. The normalized spacial score (nSPS) is 10.8. The fourth-order valence-corrected chi connectivity index (χ4v) is 2.51. The van der Waals surface area contributed by atoms with Crippen molar-refractivity contribution in [3.8, 4) is 11.3 Å². The summed E-state index contributed by atoms with van der Waals surface area (Å²) < 4.78 is 13.6. The lowest BCUT2D eigenvalue weighted by Gasteiger charge is -1.99. The van der Waals surface area contributed by atoms with Gasteiger partial charge in [0.2, 0.25) is 0 Å². The molecule has 0 radical (unpaired) electrons. The van der Waals surface area contributed by atoms with E-state index in [1.165, 1.54) is 23.5 Å². The van der Waals surface area contributed by atoms with E-state index in [0.29, 0.717) is 22.8 Å². The second kappa shape index (κ2) is 5.58. The zero-order chi connectivity index (χ0) is 12.3. The van der Waals surface area contributed by atoms with Gasteiger partial charge in [-0.3, -0.25) is 0 Å². The highest BCUT2D eigenvalue weighted by molar-refractivity contribution is 7.09. The van der Waals surface area contributed by atoms with Crippen LogP contribution in [0.5, 0.6) is 0 Å². The average molecular weight is 271 g/mol. The lowest BCUT2D eigenvalue weighted by atomic mass is 10.1. The van der Waals surface area contributed by atoms with Gasteiger partial charge in [-0.05, 0) is 31.2 Å². The molecule has 2 nitrogen and oxygen atoms in total. The lowest BCUT2D eigenvalue weighted by molar-refractivity contribution is 0.631. The second-order valence-electron chi connectivity index (χ2n) is 3.64. The van der Waals surface area contributed by atoms with Gasteiger partial charge in [0.25, 0.3) is 0 Å². The number of nitrogens with two attached hydrogens (primary N) is 1. The summed E-state index contributed by atoms with van der Waals surface area (Å²) in [6.07, 6.45) is 1.73. The topological polar surface area (TPSA) is 38.9 Å². The molecule has 1 aromatic heterocycles. The van der Waals surface area contributed by atoms with Crippen LogP contribution in [0.2, 0.25) is 5.02 Å². The number of aromatic nitrogens is 1. The third-order valence-electron chi connectivity index (χ3n) is 2.35. The van der Waals surface area contributed by atoms with Crippen LogP contribution in [0, 0.1) is 5.82 Å². The molecule has 17 heavy (non-hydrogen) atoms. The molecule has 0 spiro atoms. The molecule has 5 heteroatoms. The van der Waals surface area contributed by atoms with Gasteiger partial charge in [-0.1, -0.05) is 11.6 Å². The van der Waals surface area contributed by atoms with Crippen LogP contribution >= 0.6 is 22.9 Å². The van der Waals surface area contributed by atoms with Gasteiger partial charge >= 0.3 is 0 Å². The van der Waals surface area contributed by atoms with Crippen LogP contribution in [0.3, 0.4) is 0 Å². The quantitative estimate of drug-likeness (QED) is 0.924. The van der Waals surface area contributed by atoms with Crippen molar-refractivity contribution in [1.82, 2.24) is 4.98 Å². The van der Waals surface area contributed by atoms with Crippen LogP contribution in [0.1, 0.15) is 11.4 Å². The van der Waals surface area contributed by atoms with Crippen LogP contribution in [0.4, 0.5) is 4.39 Å². The van der Waals surface area contributed by atoms with E-state index in [2.05, 4.69) is 4.98 Å². The molecule has 0 bridgehead atoms. The van der Waals surface area contributed by atoms with Crippen LogP contribution in [0.25, 0.3) is 11.3 Å². The summed E-state index contributed by atoms with van der Waals surface area (Å²) in [7, 11) is 0. The van der Waals surface area contributed by atoms with Crippen molar-refractivity contribution in [3.63, 3.8) is 0 Å². The molecular formula is C12H12ClFN2S. The van der Waals surface area contributed by atoms with Crippen molar-refractivity contribution >= 4 is 22.9 Å². The Morgan fingerprint density at radius 1 is 1.41 bits per heavy atom. The third-order valence-corrected chi connectivity index (χ3v) is 3.49. The summed E-state index contributed by atoms with van der Waals surface area (Å²) in [6, 6.07) is 4.48. The second-order valence-corrected chi connectivity index (χ2v) is 5.02. The zero-order valence-electron chi connectivity index (χ0n) is 9.12. The largest absolute Gasteiger partial charge is 0.330 e. The molecule has 0 aliphatic heterocycles. The van der Waals surface area contributed by atoms with E-state index in [1.807, 2.05) is 5.38 Å². The fraction of sp³-hybridized carbons (Fsp3) is 0.250. The molecule has 0 saturated heterocycles. The number of rotatable bonds is 4. The van der Waals surface area contributed by atoms with Gasteiger partial charge in [-0.25, -0.2) is 9.37 Å². The molecule has 0 atom stereocenters. The van der Waals surface area contributed by atoms with E-state index >= 15 is 0 Å². The van der Waals surface area contributed by atoms with Crippen molar-refractivity contribution in [3.05, 3.63) is 39.4 Å². The van der Waals surface area contributed by atoms with E-state index in [1.54, 1.807) is 6.07 Å². The Labute approximate surface area is 108 Å². The number of hydrogen-bond acceptors (Lipinski definition) is 3.